The van der Waals surface area contributed by atoms with Crippen molar-refractivity contribution < 1.29 is 14.3 Å². The Morgan fingerprint density at radius 2 is 1.86 bits per heavy atom. The van der Waals surface area contributed by atoms with E-state index in [1.54, 1.807) is 0 Å². The van der Waals surface area contributed by atoms with Crippen LogP contribution >= 0.6 is 0 Å². The molecule has 2 aromatic carbocycles. The summed E-state index contributed by atoms with van der Waals surface area (Å²) in [5.74, 6) is -0.223. The molecule has 0 bridgehead atoms. The minimum absolute atomic E-state index is 0.109. The maximum Gasteiger partial charge on any atom is 0.251 e. The number of benzene rings is 2. The molecule has 2 aliphatic heterocycles. The molecule has 5 heteroatoms. The number of imide groups is 1. The highest BCUT2D eigenvalue weighted by Crippen LogP contribution is 2.43. The lowest BCUT2D eigenvalue weighted by Crippen LogP contribution is -2.54. The van der Waals surface area contributed by atoms with Crippen LogP contribution in [0.2, 0.25) is 0 Å². The SMILES string of the molecule is Cc1ccccc1N1C(=O)CC(N2CCOC3(CCc4ccccc43)C2)C1=O. The number of hydrogen-bond acceptors (Lipinski definition) is 4. The van der Waals surface area contributed by atoms with Crippen LogP contribution in [0.5, 0.6) is 0 Å². The van der Waals surface area contributed by atoms with Gasteiger partial charge in [-0.05, 0) is 42.5 Å². The topological polar surface area (TPSA) is 49.9 Å². The molecule has 2 amide bonds. The summed E-state index contributed by atoms with van der Waals surface area (Å²) >= 11 is 0. The molecule has 5 nitrogen and oxygen atoms in total. The summed E-state index contributed by atoms with van der Waals surface area (Å²) in [5, 5.41) is 0. The number of anilines is 1. The normalized spacial score (nSPS) is 27.6. The molecule has 2 atom stereocenters. The van der Waals surface area contributed by atoms with E-state index in [1.807, 2.05) is 31.2 Å². The smallest absolute Gasteiger partial charge is 0.251 e. The van der Waals surface area contributed by atoms with Gasteiger partial charge in [-0.1, -0.05) is 42.5 Å². The predicted molar refractivity (Wildman–Crippen MR) is 106 cm³/mol. The van der Waals surface area contributed by atoms with Crippen molar-refractivity contribution in [2.75, 3.05) is 24.6 Å². The van der Waals surface area contributed by atoms with E-state index in [0.29, 0.717) is 25.4 Å². The molecule has 144 valence electrons. The highest BCUT2D eigenvalue weighted by molar-refractivity contribution is 6.22. The Morgan fingerprint density at radius 1 is 1.07 bits per heavy atom. The minimum atomic E-state index is -0.402. The number of para-hydroxylation sites is 1. The van der Waals surface area contributed by atoms with Gasteiger partial charge in [-0.25, -0.2) is 4.90 Å². The van der Waals surface area contributed by atoms with E-state index >= 15 is 0 Å². The molecule has 0 N–H and O–H groups in total. The minimum Gasteiger partial charge on any atom is -0.368 e. The fourth-order valence-corrected chi connectivity index (χ4v) is 5.01. The second-order valence-corrected chi connectivity index (χ2v) is 8.04. The summed E-state index contributed by atoms with van der Waals surface area (Å²) in [7, 11) is 0. The Labute approximate surface area is 164 Å². The average molecular weight is 376 g/mol. The van der Waals surface area contributed by atoms with E-state index in [0.717, 1.165) is 18.4 Å². The van der Waals surface area contributed by atoms with E-state index in [1.165, 1.54) is 16.0 Å². The fourth-order valence-electron chi connectivity index (χ4n) is 5.01. The Kier molecular flexibility index (Phi) is 4.11. The van der Waals surface area contributed by atoms with Gasteiger partial charge in [-0.15, -0.1) is 0 Å². The van der Waals surface area contributed by atoms with Gasteiger partial charge in [0, 0.05) is 13.1 Å². The van der Waals surface area contributed by atoms with Crippen LogP contribution in [0.25, 0.3) is 0 Å². The zero-order valence-corrected chi connectivity index (χ0v) is 16.1. The highest BCUT2D eigenvalue weighted by atomic mass is 16.5. The lowest BCUT2D eigenvalue weighted by molar-refractivity contribution is -0.138. The molecule has 2 aromatic rings. The first-order chi connectivity index (χ1) is 13.6. The van der Waals surface area contributed by atoms with Gasteiger partial charge in [0.25, 0.3) is 5.91 Å². The van der Waals surface area contributed by atoms with Crippen molar-refractivity contribution in [1.82, 2.24) is 4.90 Å². The van der Waals surface area contributed by atoms with E-state index in [2.05, 4.69) is 29.2 Å². The van der Waals surface area contributed by atoms with E-state index in [4.69, 9.17) is 4.74 Å². The molecule has 2 fully saturated rings. The van der Waals surface area contributed by atoms with Gasteiger partial charge >= 0.3 is 0 Å². The van der Waals surface area contributed by atoms with Crippen LogP contribution in [0.4, 0.5) is 5.69 Å². The third-order valence-electron chi connectivity index (χ3n) is 6.44. The van der Waals surface area contributed by atoms with E-state index in [9.17, 15) is 9.59 Å². The first-order valence-corrected chi connectivity index (χ1v) is 9.98. The summed E-state index contributed by atoms with van der Waals surface area (Å²) in [6.45, 7) is 3.85. The first-order valence-electron chi connectivity index (χ1n) is 9.98. The van der Waals surface area contributed by atoms with Crippen LogP contribution in [0.15, 0.2) is 48.5 Å². The molecule has 5 rings (SSSR count). The maximum absolute atomic E-state index is 13.2. The lowest BCUT2D eigenvalue weighted by Gasteiger charge is -2.43. The van der Waals surface area contributed by atoms with Crippen molar-refractivity contribution in [2.24, 2.45) is 0 Å². The predicted octanol–water partition coefficient (Wildman–Crippen LogP) is 2.80. The number of carbonyl (C=O) groups excluding carboxylic acids is 2. The van der Waals surface area contributed by atoms with Crippen LogP contribution < -0.4 is 4.90 Å². The van der Waals surface area contributed by atoms with Crippen molar-refractivity contribution in [3.05, 3.63) is 65.2 Å². The van der Waals surface area contributed by atoms with Gasteiger partial charge in [-0.2, -0.15) is 0 Å². The van der Waals surface area contributed by atoms with Crippen LogP contribution in [-0.2, 0) is 26.3 Å². The molecule has 0 saturated carbocycles. The molecule has 2 saturated heterocycles. The number of carbonyl (C=O) groups is 2. The lowest BCUT2D eigenvalue weighted by atomic mass is 9.92. The zero-order chi connectivity index (χ0) is 19.3. The number of fused-ring (bicyclic) bond motifs is 2. The molecule has 3 aliphatic rings. The zero-order valence-electron chi connectivity index (χ0n) is 16.1. The highest BCUT2D eigenvalue weighted by Gasteiger charge is 2.49. The summed E-state index contributed by atoms with van der Waals surface area (Å²) < 4.78 is 6.28. The number of ether oxygens (including phenoxy) is 1. The first kappa shape index (κ1) is 17.6. The standard InChI is InChI=1S/C23H24N2O3/c1-16-6-2-5-9-19(16)25-21(26)14-20(22(25)27)24-12-13-28-23(15-24)11-10-17-7-3-4-8-18(17)23/h2-9,20H,10-15H2,1H3. The van der Waals surface area contributed by atoms with Crippen LogP contribution in [0, 0.1) is 6.92 Å². The molecule has 0 aromatic heterocycles. The van der Waals surface area contributed by atoms with Crippen LogP contribution in [-0.4, -0.2) is 42.5 Å². The molecular weight excluding hydrogens is 352 g/mol. The number of amides is 2. The van der Waals surface area contributed by atoms with Gasteiger partial charge in [-0.3, -0.25) is 14.5 Å². The average Bonchev–Trinajstić information content (AvgIpc) is 3.20. The number of rotatable bonds is 2. The van der Waals surface area contributed by atoms with Crippen molar-refractivity contribution >= 4 is 17.5 Å². The fraction of sp³-hybridized carbons (Fsp3) is 0.391. The Morgan fingerprint density at radius 3 is 2.71 bits per heavy atom. The Hall–Kier alpha value is -2.50. The maximum atomic E-state index is 13.2. The largest absolute Gasteiger partial charge is 0.368 e. The number of morpholine rings is 1. The Bertz CT molecular complexity index is 952. The molecule has 1 aliphatic carbocycles. The monoisotopic (exact) mass is 376 g/mol. The summed E-state index contributed by atoms with van der Waals surface area (Å²) in [6.07, 6.45) is 2.17. The van der Waals surface area contributed by atoms with Crippen LogP contribution in [0.1, 0.15) is 29.5 Å². The number of aryl methyl sites for hydroxylation is 2. The molecule has 0 radical (unpaired) electrons. The number of hydrogen-bond donors (Lipinski definition) is 0. The van der Waals surface area contributed by atoms with Crippen molar-refractivity contribution in [3.63, 3.8) is 0 Å². The molecule has 28 heavy (non-hydrogen) atoms. The van der Waals surface area contributed by atoms with Crippen molar-refractivity contribution in [1.29, 1.82) is 0 Å². The van der Waals surface area contributed by atoms with Gasteiger partial charge in [0.1, 0.15) is 5.60 Å². The second kappa shape index (κ2) is 6.54. The van der Waals surface area contributed by atoms with Gasteiger partial charge in [0.05, 0.1) is 24.8 Å². The quantitative estimate of drug-likeness (QED) is 0.757. The van der Waals surface area contributed by atoms with Crippen molar-refractivity contribution in [3.8, 4) is 0 Å². The van der Waals surface area contributed by atoms with Gasteiger partial charge in [0.15, 0.2) is 0 Å². The number of nitrogens with zero attached hydrogens (tertiary/aromatic N) is 2. The molecule has 1 spiro atoms. The summed E-state index contributed by atoms with van der Waals surface area (Å²) in [5.41, 5.74) is 3.86. The van der Waals surface area contributed by atoms with Crippen LogP contribution in [0.3, 0.4) is 0 Å². The molecule has 2 unspecified atom stereocenters. The van der Waals surface area contributed by atoms with Crippen molar-refractivity contribution in [2.45, 2.75) is 37.8 Å². The second-order valence-electron chi connectivity index (χ2n) is 8.04. The third kappa shape index (κ3) is 2.61. The molecule has 2 heterocycles. The van der Waals surface area contributed by atoms with E-state index in [-0.39, 0.29) is 23.8 Å². The summed E-state index contributed by atoms with van der Waals surface area (Å²) in [6, 6.07) is 15.6. The molecular formula is C23H24N2O3. The summed E-state index contributed by atoms with van der Waals surface area (Å²) in [4.78, 5) is 29.5. The Balaban J connectivity index is 1.42. The third-order valence-corrected chi connectivity index (χ3v) is 6.44. The van der Waals surface area contributed by atoms with Gasteiger partial charge < -0.3 is 4.74 Å². The van der Waals surface area contributed by atoms with Gasteiger partial charge in [0.2, 0.25) is 5.91 Å². The van der Waals surface area contributed by atoms with E-state index < -0.39 is 6.04 Å².